The zero-order valence-corrected chi connectivity index (χ0v) is 13.4. The van der Waals surface area contributed by atoms with Gasteiger partial charge in [-0.2, -0.15) is 0 Å². The molecule has 1 atom stereocenters. The van der Waals surface area contributed by atoms with Gasteiger partial charge in [0.05, 0.1) is 16.6 Å². The van der Waals surface area contributed by atoms with Gasteiger partial charge in [-0.15, -0.1) is 0 Å². The molecule has 0 bridgehead atoms. The third-order valence-electron chi connectivity index (χ3n) is 3.84. The minimum Gasteiger partial charge on any atom is -0.426 e. The normalized spacial score (nSPS) is 17.4. The van der Waals surface area contributed by atoms with Crippen molar-refractivity contribution in [3.8, 4) is 5.75 Å². The number of anilines is 1. The summed E-state index contributed by atoms with van der Waals surface area (Å²) in [5.74, 6) is -0.509. The number of rotatable bonds is 3. The first-order chi connectivity index (χ1) is 11.0. The molecule has 0 N–H and O–H groups in total. The molecule has 5 heteroatoms. The molecule has 1 heterocycles. The fourth-order valence-corrected chi connectivity index (χ4v) is 2.81. The largest absolute Gasteiger partial charge is 0.426 e. The van der Waals surface area contributed by atoms with Gasteiger partial charge in [0.25, 0.3) is 0 Å². The number of amides is 1. The number of hydrogen-bond donors (Lipinski definition) is 0. The second-order valence-corrected chi connectivity index (χ2v) is 6.00. The smallest absolute Gasteiger partial charge is 0.316 e. The number of ether oxygens (including phenoxy) is 1. The number of carbonyl (C=O) groups is 2. The molecule has 0 saturated carbocycles. The van der Waals surface area contributed by atoms with Crippen LogP contribution < -0.4 is 9.64 Å². The minimum absolute atomic E-state index is 0.121. The monoisotopic (exact) mass is 329 g/mol. The van der Waals surface area contributed by atoms with E-state index in [9.17, 15) is 9.59 Å². The van der Waals surface area contributed by atoms with Gasteiger partial charge in [-0.1, -0.05) is 41.4 Å². The highest BCUT2D eigenvalue weighted by molar-refractivity contribution is 6.33. The van der Waals surface area contributed by atoms with Crippen molar-refractivity contribution in [2.45, 2.75) is 13.3 Å². The van der Waals surface area contributed by atoms with Crippen LogP contribution in [0.15, 0.2) is 48.5 Å². The Labute approximate surface area is 139 Å². The topological polar surface area (TPSA) is 46.6 Å². The van der Waals surface area contributed by atoms with Crippen LogP contribution >= 0.6 is 11.6 Å². The second-order valence-electron chi connectivity index (χ2n) is 5.59. The number of esters is 1. The van der Waals surface area contributed by atoms with Crippen LogP contribution in [0.2, 0.25) is 5.02 Å². The predicted molar refractivity (Wildman–Crippen MR) is 88.7 cm³/mol. The number of nitrogens with zero attached hydrogens (tertiary/aromatic N) is 1. The van der Waals surface area contributed by atoms with Gasteiger partial charge in [-0.3, -0.25) is 9.59 Å². The summed E-state index contributed by atoms with van der Waals surface area (Å²) >= 11 is 6.13. The molecule has 1 aliphatic rings. The molecule has 0 aromatic heterocycles. The molecule has 0 aliphatic carbocycles. The van der Waals surface area contributed by atoms with Gasteiger partial charge in [0.1, 0.15) is 5.75 Å². The van der Waals surface area contributed by atoms with E-state index in [4.69, 9.17) is 16.3 Å². The average Bonchev–Trinajstić information content (AvgIpc) is 2.92. The lowest BCUT2D eigenvalue weighted by Gasteiger charge is -2.17. The summed E-state index contributed by atoms with van der Waals surface area (Å²) in [7, 11) is 0. The number of halogens is 1. The van der Waals surface area contributed by atoms with Gasteiger partial charge < -0.3 is 9.64 Å². The van der Waals surface area contributed by atoms with Crippen molar-refractivity contribution in [2.24, 2.45) is 5.92 Å². The molecule has 3 rings (SSSR count). The van der Waals surface area contributed by atoms with Crippen molar-refractivity contribution in [1.29, 1.82) is 0 Å². The van der Waals surface area contributed by atoms with Crippen LogP contribution in [0.5, 0.6) is 5.75 Å². The van der Waals surface area contributed by atoms with Gasteiger partial charge in [-0.05, 0) is 31.2 Å². The van der Waals surface area contributed by atoms with Crippen molar-refractivity contribution in [3.05, 3.63) is 59.1 Å². The summed E-state index contributed by atoms with van der Waals surface area (Å²) in [6.07, 6.45) is 0.135. The Hall–Kier alpha value is -2.33. The number of hydrogen-bond acceptors (Lipinski definition) is 3. The van der Waals surface area contributed by atoms with E-state index in [0.717, 1.165) is 5.56 Å². The Morgan fingerprint density at radius 3 is 2.57 bits per heavy atom. The molecular formula is C18H16ClNO3. The molecule has 0 spiro atoms. The van der Waals surface area contributed by atoms with Crippen molar-refractivity contribution in [3.63, 3.8) is 0 Å². The molecule has 1 amide bonds. The third-order valence-corrected chi connectivity index (χ3v) is 4.16. The van der Waals surface area contributed by atoms with Crippen LogP contribution in [0.1, 0.15) is 12.0 Å². The summed E-state index contributed by atoms with van der Waals surface area (Å²) in [6.45, 7) is 2.25. The SMILES string of the molecule is Cc1ccc(OC(=O)C2CC(=O)N(c3ccccc3Cl)C2)cc1. The Kier molecular flexibility index (Phi) is 4.35. The molecule has 4 nitrogen and oxygen atoms in total. The van der Waals surface area contributed by atoms with E-state index in [0.29, 0.717) is 16.5 Å². The first-order valence-electron chi connectivity index (χ1n) is 7.38. The Morgan fingerprint density at radius 2 is 1.87 bits per heavy atom. The van der Waals surface area contributed by atoms with Crippen LogP contribution in [0.4, 0.5) is 5.69 Å². The summed E-state index contributed by atoms with van der Waals surface area (Å²) < 4.78 is 5.37. The van der Waals surface area contributed by atoms with Crippen LogP contribution in [0, 0.1) is 12.8 Å². The van der Waals surface area contributed by atoms with Gasteiger partial charge in [-0.25, -0.2) is 0 Å². The van der Waals surface area contributed by atoms with E-state index in [2.05, 4.69) is 0 Å². The fourth-order valence-electron chi connectivity index (χ4n) is 2.57. The van der Waals surface area contributed by atoms with Gasteiger partial charge in [0.15, 0.2) is 0 Å². The highest BCUT2D eigenvalue weighted by atomic mass is 35.5. The van der Waals surface area contributed by atoms with E-state index in [1.807, 2.05) is 25.1 Å². The van der Waals surface area contributed by atoms with Crippen LogP contribution in [0.3, 0.4) is 0 Å². The first-order valence-corrected chi connectivity index (χ1v) is 7.75. The summed E-state index contributed by atoms with van der Waals surface area (Å²) in [4.78, 5) is 26.0. The quantitative estimate of drug-likeness (QED) is 0.638. The molecule has 1 saturated heterocycles. The van der Waals surface area contributed by atoms with Gasteiger partial charge >= 0.3 is 5.97 Å². The fraction of sp³-hybridized carbons (Fsp3) is 0.222. The molecule has 1 fully saturated rings. The summed E-state index contributed by atoms with van der Waals surface area (Å²) in [5, 5.41) is 0.494. The lowest BCUT2D eigenvalue weighted by atomic mass is 10.1. The average molecular weight is 330 g/mol. The summed E-state index contributed by atoms with van der Waals surface area (Å²) in [5.41, 5.74) is 1.72. The standard InChI is InChI=1S/C18H16ClNO3/c1-12-6-8-14(9-7-12)23-18(22)13-10-17(21)20(11-13)16-5-3-2-4-15(16)19/h2-9,13H,10-11H2,1H3. The predicted octanol–water partition coefficient (Wildman–Crippen LogP) is 3.61. The highest BCUT2D eigenvalue weighted by Crippen LogP contribution is 2.31. The molecule has 23 heavy (non-hydrogen) atoms. The lowest BCUT2D eigenvalue weighted by Crippen LogP contribution is -2.27. The van der Waals surface area contributed by atoms with E-state index in [1.54, 1.807) is 35.2 Å². The maximum atomic E-state index is 12.3. The van der Waals surface area contributed by atoms with Crippen molar-refractivity contribution < 1.29 is 14.3 Å². The molecule has 118 valence electrons. The molecular weight excluding hydrogens is 314 g/mol. The maximum absolute atomic E-state index is 12.3. The van der Waals surface area contributed by atoms with E-state index >= 15 is 0 Å². The minimum atomic E-state index is -0.486. The summed E-state index contributed by atoms with van der Waals surface area (Å²) in [6, 6.07) is 14.3. The van der Waals surface area contributed by atoms with Crippen molar-refractivity contribution in [1.82, 2.24) is 0 Å². The van der Waals surface area contributed by atoms with Crippen LogP contribution in [0.25, 0.3) is 0 Å². The van der Waals surface area contributed by atoms with E-state index < -0.39 is 11.9 Å². The third kappa shape index (κ3) is 3.37. The number of para-hydroxylation sites is 1. The lowest BCUT2D eigenvalue weighted by molar-refractivity contribution is -0.139. The molecule has 1 unspecified atom stereocenters. The van der Waals surface area contributed by atoms with Crippen molar-refractivity contribution in [2.75, 3.05) is 11.4 Å². The molecule has 2 aromatic rings. The zero-order valence-electron chi connectivity index (χ0n) is 12.7. The Bertz CT molecular complexity index is 742. The second kappa shape index (κ2) is 6.42. The van der Waals surface area contributed by atoms with Crippen LogP contribution in [-0.2, 0) is 9.59 Å². The van der Waals surface area contributed by atoms with Crippen molar-refractivity contribution >= 4 is 29.2 Å². The Morgan fingerprint density at radius 1 is 1.17 bits per heavy atom. The van der Waals surface area contributed by atoms with Gasteiger partial charge in [0, 0.05) is 13.0 Å². The number of carbonyl (C=O) groups excluding carboxylic acids is 2. The van der Waals surface area contributed by atoms with E-state index in [-0.39, 0.29) is 18.9 Å². The Balaban J connectivity index is 1.71. The number of benzene rings is 2. The maximum Gasteiger partial charge on any atom is 0.316 e. The highest BCUT2D eigenvalue weighted by Gasteiger charge is 2.37. The molecule has 2 aromatic carbocycles. The molecule has 1 aliphatic heterocycles. The first kappa shape index (κ1) is 15.6. The van der Waals surface area contributed by atoms with E-state index in [1.165, 1.54) is 0 Å². The van der Waals surface area contributed by atoms with Crippen LogP contribution in [-0.4, -0.2) is 18.4 Å². The number of aryl methyl sites for hydroxylation is 1. The molecule has 0 radical (unpaired) electrons. The zero-order chi connectivity index (χ0) is 16.4. The van der Waals surface area contributed by atoms with Gasteiger partial charge in [0.2, 0.25) is 5.91 Å².